The van der Waals surface area contributed by atoms with Crippen LogP contribution in [0, 0.1) is 0 Å². The molecule has 38 heavy (non-hydrogen) atoms. The van der Waals surface area contributed by atoms with E-state index in [0.717, 1.165) is 22.4 Å². The standard InChI is InChI=1S/C31H30N2O5/c1-31(2)37-25-18-24(33(19-26(25)38-31)30(34)35-20-21-12-6-3-7-13-21)29-32-27(22-14-8-4-9-15-22)28(36-29)23-16-10-5-11-17-23/h3-17,24-26H,18-20H2,1-2H3/t24-,25-,26-/m0/s1. The van der Waals surface area contributed by atoms with Gasteiger partial charge >= 0.3 is 6.09 Å². The van der Waals surface area contributed by atoms with Gasteiger partial charge in [0.15, 0.2) is 11.5 Å². The zero-order valence-corrected chi connectivity index (χ0v) is 21.4. The van der Waals surface area contributed by atoms with E-state index in [1.807, 2.05) is 105 Å². The van der Waals surface area contributed by atoms with Crippen molar-refractivity contribution < 1.29 is 23.4 Å². The lowest BCUT2D eigenvalue weighted by molar-refractivity contribution is -0.145. The van der Waals surface area contributed by atoms with Gasteiger partial charge in [0.25, 0.3) is 0 Å². The molecular formula is C31H30N2O5. The van der Waals surface area contributed by atoms with Gasteiger partial charge in [0.2, 0.25) is 5.89 Å². The zero-order valence-electron chi connectivity index (χ0n) is 21.4. The number of fused-ring (bicyclic) bond motifs is 1. The molecule has 2 fully saturated rings. The number of oxazole rings is 1. The molecule has 0 radical (unpaired) electrons. The van der Waals surface area contributed by atoms with Crippen LogP contribution in [0.25, 0.3) is 22.6 Å². The Kier molecular flexibility index (Phi) is 6.47. The molecule has 2 aliphatic rings. The summed E-state index contributed by atoms with van der Waals surface area (Å²) in [6, 6.07) is 29.0. The van der Waals surface area contributed by atoms with Gasteiger partial charge in [0.1, 0.15) is 24.4 Å². The molecule has 7 heteroatoms. The Morgan fingerprint density at radius 3 is 2.18 bits per heavy atom. The highest BCUT2D eigenvalue weighted by atomic mass is 16.8. The molecule has 0 spiro atoms. The highest BCUT2D eigenvalue weighted by molar-refractivity contribution is 5.77. The Hall–Kier alpha value is -3.94. The molecule has 3 aromatic carbocycles. The maximum atomic E-state index is 13.5. The summed E-state index contributed by atoms with van der Waals surface area (Å²) in [7, 11) is 0. The third kappa shape index (κ3) is 4.95. The molecule has 194 valence electrons. The van der Waals surface area contributed by atoms with Crippen molar-refractivity contribution in [2.24, 2.45) is 0 Å². The summed E-state index contributed by atoms with van der Waals surface area (Å²) < 4.78 is 24.6. The van der Waals surface area contributed by atoms with Crippen LogP contribution in [0.2, 0.25) is 0 Å². The van der Waals surface area contributed by atoms with E-state index < -0.39 is 17.9 Å². The van der Waals surface area contributed by atoms with Gasteiger partial charge in [-0.05, 0) is 19.4 Å². The second-order valence-corrected chi connectivity index (χ2v) is 10.1. The minimum atomic E-state index is -0.731. The summed E-state index contributed by atoms with van der Waals surface area (Å²) in [6.07, 6.45) is -0.410. The highest BCUT2D eigenvalue weighted by Gasteiger charge is 2.50. The van der Waals surface area contributed by atoms with Gasteiger partial charge in [0.05, 0.1) is 12.6 Å². The van der Waals surface area contributed by atoms with Crippen molar-refractivity contribution in [3.63, 3.8) is 0 Å². The summed E-state index contributed by atoms with van der Waals surface area (Å²) in [6.45, 7) is 4.28. The molecule has 0 saturated carbocycles. The molecular weight excluding hydrogens is 480 g/mol. The average Bonchev–Trinajstić information content (AvgIpc) is 3.52. The van der Waals surface area contributed by atoms with Gasteiger partial charge in [-0.25, -0.2) is 9.78 Å². The molecule has 7 nitrogen and oxygen atoms in total. The highest BCUT2D eigenvalue weighted by Crippen LogP contribution is 2.43. The second kappa shape index (κ2) is 10.1. The number of aromatic nitrogens is 1. The van der Waals surface area contributed by atoms with Crippen LogP contribution in [0.4, 0.5) is 4.79 Å². The lowest BCUT2D eigenvalue weighted by atomic mass is 9.97. The van der Waals surface area contributed by atoms with Crippen molar-refractivity contribution in [3.8, 4) is 22.6 Å². The fourth-order valence-electron chi connectivity index (χ4n) is 5.23. The van der Waals surface area contributed by atoms with Gasteiger partial charge in [-0.1, -0.05) is 91.0 Å². The Bertz CT molecular complexity index is 1330. The number of amides is 1. The molecule has 0 unspecified atom stereocenters. The van der Waals surface area contributed by atoms with E-state index >= 15 is 0 Å². The van der Waals surface area contributed by atoms with Crippen LogP contribution in [-0.4, -0.2) is 40.5 Å². The molecule has 6 rings (SSSR count). The van der Waals surface area contributed by atoms with E-state index in [2.05, 4.69) is 0 Å². The third-order valence-electron chi connectivity index (χ3n) is 6.95. The molecule has 0 bridgehead atoms. The summed E-state index contributed by atoms with van der Waals surface area (Å²) >= 11 is 0. The Balaban J connectivity index is 1.36. The van der Waals surface area contributed by atoms with E-state index in [1.165, 1.54) is 0 Å². The molecule has 3 heterocycles. The predicted molar refractivity (Wildman–Crippen MR) is 142 cm³/mol. The largest absolute Gasteiger partial charge is 0.445 e. The van der Waals surface area contributed by atoms with Crippen molar-refractivity contribution in [1.29, 1.82) is 0 Å². The minimum Gasteiger partial charge on any atom is -0.445 e. The number of rotatable bonds is 5. The average molecular weight is 511 g/mol. The molecule has 4 aromatic rings. The number of nitrogens with zero attached hydrogens (tertiary/aromatic N) is 2. The summed E-state index contributed by atoms with van der Waals surface area (Å²) in [5, 5.41) is 0. The topological polar surface area (TPSA) is 74.0 Å². The SMILES string of the molecule is CC1(C)O[C@H]2C[C@@H](c3nc(-c4ccccc4)c(-c4ccccc4)o3)N(C(=O)OCc3ccccc3)C[C@@H]2O1. The lowest BCUT2D eigenvalue weighted by Crippen LogP contribution is -2.49. The molecule has 3 atom stereocenters. The number of ether oxygens (including phenoxy) is 3. The van der Waals surface area contributed by atoms with Gasteiger partial charge in [0, 0.05) is 17.5 Å². The number of hydrogen-bond acceptors (Lipinski definition) is 6. The fourth-order valence-corrected chi connectivity index (χ4v) is 5.23. The fraction of sp³-hybridized carbons (Fsp3) is 0.290. The maximum Gasteiger partial charge on any atom is 0.410 e. The van der Waals surface area contributed by atoms with Crippen LogP contribution in [0.5, 0.6) is 0 Å². The van der Waals surface area contributed by atoms with Gasteiger partial charge in [-0.2, -0.15) is 0 Å². The van der Waals surface area contributed by atoms with Crippen LogP contribution >= 0.6 is 0 Å². The summed E-state index contributed by atoms with van der Waals surface area (Å²) in [4.78, 5) is 20.1. The van der Waals surface area contributed by atoms with E-state index in [-0.39, 0.29) is 18.8 Å². The van der Waals surface area contributed by atoms with E-state index in [0.29, 0.717) is 24.6 Å². The van der Waals surface area contributed by atoms with Crippen LogP contribution in [0.15, 0.2) is 95.4 Å². The first-order chi connectivity index (χ1) is 18.5. The van der Waals surface area contributed by atoms with Crippen molar-refractivity contribution >= 4 is 6.09 Å². The Labute approximate surface area is 222 Å². The first-order valence-corrected chi connectivity index (χ1v) is 12.9. The second-order valence-electron chi connectivity index (χ2n) is 10.1. The normalized spacial score (nSPS) is 22.2. The van der Waals surface area contributed by atoms with Crippen LogP contribution in [0.3, 0.4) is 0 Å². The van der Waals surface area contributed by atoms with Gasteiger partial charge in [-0.15, -0.1) is 0 Å². The first kappa shape index (κ1) is 24.4. The number of hydrogen-bond donors (Lipinski definition) is 0. The molecule has 2 aliphatic heterocycles. The predicted octanol–water partition coefficient (Wildman–Crippen LogP) is 6.61. The molecule has 0 aliphatic carbocycles. The minimum absolute atomic E-state index is 0.177. The van der Waals surface area contributed by atoms with E-state index in [9.17, 15) is 4.79 Å². The van der Waals surface area contributed by atoms with E-state index in [4.69, 9.17) is 23.6 Å². The molecule has 1 amide bonds. The number of piperidine rings is 1. The van der Waals surface area contributed by atoms with Crippen LogP contribution in [0.1, 0.15) is 37.8 Å². The Morgan fingerprint density at radius 2 is 1.50 bits per heavy atom. The molecule has 2 saturated heterocycles. The van der Waals surface area contributed by atoms with E-state index in [1.54, 1.807) is 4.90 Å². The lowest BCUT2D eigenvalue weighted by Gasteiger charge is -2.37. The first-order valence-electron chi connectivity index (χ1n) is 12.9. The summed E-state index contributed by atoms with van der Waals surface area (Å²) in [5.74, 6) is 0.381. The third-order valence-corrected chi connectivity index (χ3v) is 6.95. The maximum absolute atomic E-state index is 13.5. The monoisotopic (exact) mass is 510 g/mol. The number of carbonyl (C=O) groups excluding carboxylic acids is 1. The molecule has 1 aromatic heterocycles. The van der Waals surface area contributed by atoms with Crippen molar-refractivity contribution in [2.45, 2.75) is 50.9 Å². The summed E-state index contributed by atoms with van der Waals surface area (Å²) in [5.41, 5.74) is 3.51. The number of benzene rings is 3. The van der Waals surface area contributed by atoms with Gasteiger partial charge in [-0.3, -0.25) is 4.90 Å². The van der Waals surface area contributed by atoms with Crippen molar-refractivity contribution in [3.05, 3.63) is 102 Å². The van der Waals surface area contributed by atoms with Crippen LogP contribution < -0.4 is 0 Å². The van der Waals surface area contributed by atoms with Crippen LogP contribution in [-0.2, 0) is 20.8 Å². The Morgan fingerprint density at radius 1 is 0.895 bits per heavy atom. The number of carbonyl (C=O) groups is 1. The van der Waals surface area contributed by atoms with Gasteiger partial charge < -0.3 is 18.6 Å². The zero-order chi connectivity index (χ0) is 26.1. The quantitative estimate of drug-likeness (QED) is 0.301. The smallest absolute Gasteiger partial charge is 0.410 e. The molecule has 0 N–H and O–H groups in total. The van der Waals surface area contributed by atoms with Crippen molar-refractivity contribution in [2.75, 3.05) is 6.54 Å². The van der Waals surface area contributed by atoms with Crippen molar-refractivity contribution in [1.82, 2.24) is 9.88 Å². The number of likely N-dealkylation sites (tertiary alicyclic amines) is 1.